The first-order chi connectivity index (χ1) is 10.7. The number of amides is 1. The first kappa shape index (κ1) is 16.4. The van der Waals surface area contributed by atoms with E-state index in [4.69, 9.17) is 4.74 Å². The van der Waals surface area contributed by atoms with Gasteiger partial charge < -0.3 is 9.72 Å². The van der Waals surface area contributed by atoms with Gasteiger partial charge >= 0.3 is 11.8 Å². The summed E-state index contributed by atoms with van der Waals surface area (Å²) in [7, 11) is 0. The second-order valence-corrected chi connectivity index (χ2v) is 8.08. The van der Waals surface area contributed by atoms with Gasteiger partial charge in [-0.3, -0.25) is 9.47 Å². The van der Waals surface area contributed by atoms with Crippen molar-refractivity contribution in [3.05, 3.63) is 31.8 Å². The zero-order chi connectivity index (χ0) is 16.9. The number of benzene rings is 1. The Kier molecular flexibility index (Phi) is 3.94. The van der Waals surface area contributed by atoms with Gasteiger partial charge in [-0.05, 0) is 62.4 Å². The molecule has 6 nitrogen and oxygen atoms in total. The Morgan fingerprint density at radius 2 is 2.09 bits per heavy atom. The number of carbonyl (C=O) groups is 1. The van der Waals surface area contributed by atoms with Crippen molar-refractivity contribution >= 4 is 39.7 Å². The number of nitrogens with one attached hydrogen (secondary N) is 1. The lowest BCUT2D eigenvalue weighted by Gasteiger charge is -2.30. The molecular weight excluding hydrogens is 409 g/mol. The topological polar surface area (TPSA) is 67.3 Å². The molecule has 0 unspecified atom stereocenters. The number of aromatic nitrogens is 2. The van der Waals surface area contributed by atoms with E-state index in [1.165, 1.54) is 0 Å². The summed E-state index contributed by atoms with van der Waals surface area (Å²) in [6, 6.07) is 3.73. The molecule has 0 spiro atoms. The average Bonchev–Trinajstić information content (AvgIpc) is 2.63. The number of hydrogen-bond acceptors (Lipinski definition) is 3. The number of aromatic amines is 1. The molecule has 0 radical (unpaired) electrons. The van der Waals surface area contributed by atoms with Crippen molar-refractivity contribution in [2.75, 3.05) is 0 Å². The Balaban J connectivity index is 2.08. The summed E-state index contributed by atoms with van der Waals surface area (Å²) in [5, 5.41) is 0. The minimum absolute atomic E-state index is 0.134. The molecule has 23 heavy (non-hydrogen) atoms. The second kappa shape index (κ2) is 5.54. The third kappa shape index (κ3) is 2.98. The van der Waals surface area contributed by atoms with E-state index < -0.39 is 5.60 Å². The van der Waals surface area contributed by atoms with Crippen LogP contribution >= 0.6 is 22.6 Å². The van der Waals surface area contributed by atoms with Crippen LogP contribution in [-0.2, 0) is 17.8 Å². The van der Waals surface area contributed by atoms with Gasteiger partial charge in [0.2, 0.25) is 0 Å². The van der Waals surface area contributed by atoms with Crippen LogP contribution in [0.1, 0.15) is 33.3 Å². The SMILES string of the molecule is C[C@H]1Cn2c(=O)[nH]c3ccc(I)c(c32)CN1C(=O)OC(C)(C)C. The van der Waals surface area contributed by atoms with Crippen molar-refractivity contribution in [1.29, 1.82) is 0 Å². The van der Waals surface area contributed by atoms with Crippen LogP contribution in [0.2, 0.25) is 0 Å². The first-order valence-corrected chi connectivity index (χ1v) is 8.65. The van der Waals surface area contributed by atoms with Crippen LogP contribution in [0.25, 0.3) is 11.0 Å². The number of H-pyrrole nitrogens is 1. The highest BCUT2D eigenvalue weighted by molar-refractivity contribution is 14.1. The molecule has 7 heteroatoms. The van der Waals surface area contributed by atoms with E-state index in [1.807, 2.05) is 39.8 Å². The highest BCUT2D eigenvalue weighted by atomic mass is 127. The Hall–Kier alpha value is -1.51. The molecule has 2 heterocycles. The van der Waals surface area contributed by atoms with Crippen molar-refractivity contribution in [1.82, 2.24) is 14.5 Å². The van der Waals surface area contributed by atoms with Gasteiger partial charge in [0.25, 0.3) is 0 Å². The van der Waals surface area contributed by atoms with Gasteiger partial charge in [-0.15, -0.1) is 0 Å². The molecular formula is C16H20IN3O3. The van der Waals surface area contributed by atoms with E-state index in [0.717, 1.165) is 20.2 Å². The van der Waals surface area contributed by atoms with E-state index in [-0.39, 0.29) is 17.8 Å². The smallest absolute Gasteiger partial charge is 0.410 e. The summed E-state index contributed by atoms with van der Waals surface area (Å²) in [6.07, 6.45) is -0.347. The van der Waals surface area contributed by atoms with Crippen LogP contribution in [-0.4, -0.2) is 32.2 Å². The summed E-state index contributed by atoms with van der Waals surface area (Å²) >= 11 is 2.25. The molecule has 1 aliphatic rings. The van der Waals surface area contributed by atoms with Gasteiger partial charge in [0.15, 0.2) is 0 Å². The first-order valence-electron chi connectivity index (χ1n) is 7.57. The summed E-state index contributed by atoms with van der Waals surface area (Å²) in [6.45, 7) is 8.38. The zero-order valence-electron chi connectivity index (χ0n) is 13.6. The minimum Gasteiger partial charge on any atom is -0.444 e. The molecule has 0 fully saturated rings. The Labute approximate surface area is 147 Å². The van der Waals surface area contributed by atoms with Crippen molar-refractivity contribution in [3.8, 4) is 0 Å². The maximum absolute atomic E-state index is 12.6. The summed E-state index contributed by atoms with van der Waals surface area (Å²) in [5.41, 5.74) is 2.00. The average molecular weight is 429 g/mol. The van der Waals surface area contributed by atoms with E-state index in [1.54, 1.807) is 9.47 Å². The van der Waals surface area contributed by atoms with E-state index in [0.29, 0.717) is 13.1 Å². The predicted molar refractivity (Wildman–Crippen MR) is 96.5 cm³/mol. The number of hydrogen-bond donors (Lipinski definition) is 1. The molecule has 2 aromatic rings. The molecule has 1 N–H and O–H groups in total. The number of carbonyl (C=O) groups excluding carboxylic acids is 1. The normalized spacial score (nSPS) is 18.1. The monoisotopic (exact) mass is 429 g/mol. The van der Waals surface area contributed by atoms with Crippen molar-refractivity contribution < 1.29 is 9.53 Å². The molecule has 124 valence electrons. The molecule has 0 saturated carbocycles. The van der Waals surface area contributed by atoms with Crippen LogP contribution < -0.4 is 5.69 Å². The van der Waals surface area contributed by atoms with Crippen molar-refractivity contribution in [2.24, 2.45) is 0 Å². The lowest BCUT2D eigenvalue weighted by Crippen LogP contribution is -2.43. The van der Waals surface area contributed by atoms with Crippen LogP contribution in [0.3, 0.4) is 0 Å². The summed E-state index contributed by atoms with van der Waals surface area (Å²) in [5.74, 6) is 0. The lowest BCUT2D eigenvalue weighted by atomic mass is 10.1. The summed E-state index contributed by atoms with van der Waals surface area (Å²) < 4.78 is 8.29. The van der Waals surface area contributed by atoms with Crippen LogP contribution in [0.4, 0.5) is 4.79 Å². The van der Waals surface area contributed by atoms with Crippen molar-refractivity contribution in [2.45, 2.75) is 52.4 Å². The van der Waals surface area contributed by atoms with Gasteiger partial charge in [0.05, 0.1) is 23.6 Å². The fourth-order valence-corrected chi connectivity index (χ4v) is 3.49. The lowest BCUT2D eigenvalue weighted by molar-refractivity contribution is 0.0147. The molecule has 0 saturated heterocycles. The number of rotatable bonds is 0. The van der Waals surface area contributed by atoms with Crippen LogP contribution in [0.5, 0.6) is 0 Å². The fraction of sp³-hybridized carbons (Fsp3) is 0.500. The largest absolute Gasteiger partial charge is 0.444 e. The molecule has 3 rings (SSSR count). The van der Waals surface area contributed by atoms with Crippen molar-refractivity contribution in [3.63, 3.8) is 0 Å². The standard InChI is InChI=1S/C16H20IN3O3/c1-9-7-20-13-10(8-19(9)15(22)23-16(2,3)4)11(17)5-6-12(13)18-14(20)21/h5-6,9H,7-8H2,1-4H3,(H,18,21)/t9-/m0/s1. The Morgan fingerprint density at radius 3 is 2.74 bits per heavy atom. The Morgan fingerprint density at radius 1 is 1.39 bits per heavy atom. The molecule has 1 aromatic heterocycles. The number of halogens is 1. The number of imidazole rings is 1. The minimum atomic E-state index is -0.547. The van der Waals surface area contributed by atoms with Gasteiger partial charge in [0.1, 0.15) is 5.60 Å². The third-order valence-electron chi connectivity index (χ3n) is 3.92. The maximum atomic E-state index is 12.6. The number of ether oxygens (including phenoxy) is 1. The Bertz CT molecular complexity index is 831. The molecule has 1 aromatic carbocycles. The third-order valence-corrected chi connectivity index (χ3v) is 4.93. The highest BCUT2D eigenvalue weighted by Gasteiger charge is 2.31. The fourth-order valence-electron chi connectivity index (χ4n) is 2.88. The van der Waals surface area contributed by atoms with E-state index in [9.17, 15) is 9.59 Å². The summed E-state index contributed by atoms with van der Waals surface area (Å²) in [4.78, 5) is 29.4. The highest BCUT2D eigenvalue weighted by Crippen LogP contribution is 2.28. The van der Waals surface area contributed by atoms with Gasteiger partial charge in [-0.25, -0.2) is 9.59 Å². The predicted octanol–water partition coefficient (Wildman–Crippen LogP) is 3.07. The van der Waals surface area contributed by atoms with Gasteiger partial charge in [0, 0.05) is 15.7 Å². The zero-order valence-corrected chi connectivity index (χ0v) is 15.8. The van der Waals surface area contributed by atoms with Gasteiger partial charge in [-0.2, -0.15) is 0 Å². The van der Waals surface area contributed by atoms with Crippen LogP contribution in [0.15, 0.2) is 16.9 Å². The van der Waals surface area contributed by atoms with Gasteiger partial charge in [-0.1, -0.05) is 0 Å². The maximum Gasteiger partial charge on any atom is 0.410 e. The molecule has 1 amide bonds. The van der Waals surface area contributed by atoms with E-state index in [2.05, 4.69) is 27.6 Å². The van der Waals surface area contributed by atoms with Crippen LogP contribution in [0, 0.1) is 3.57 Å². The molecule has 0 aliphatic carbocycles. The number of nitrogens with zero attached hydrogens (tertiary/aromatic N) is 2. The second-order valence-electron chi connectivity index (χ2n) is 6.92. The molecule has 1 atom stereocenters. The molecule has 1 aliphatic heterocycles. The van der Waals surface area contributed by atoms with E-state index >= 15 is 0 Å². The quantitative estimate of drug-likeness (QED) is 0.655. The molecule has 0 bridgehead atoms.